The Kier molecular flexibility index (Phi) is 7.02. The lowest BCUT2D eigenvalue weighted by atomic mass is 10.0. The summed E-state index contributed by atoms with van der Waals surface area (Å²) < 4.78 is 23.8. The van der Waals surface area contributed by atoms with Crippen LogP contribution >= 0.6 is 0 Å². The van der Waals surface area contributed by atoms with E-state index in [0.29, 0.717) is 12.1 Å². The summed E-state index contributed by atoms with van der Waals surface area (Å²) in [5.41, 5.74) is 2.80. The number of hydrogen-bond donors (Lipinski definition) is 2. The standard InChI is InChI=1S/C21H27N3O4S/c1-16-5-7-17(8-6-16)20(24-13-3-4-14-24)15-22-21(25)18-9-11-19(12-10-18)29(26,27)23-28-2/h5-12,20,23H,3-4,13-15H2,1-2H3,(H,22,25). The molecular weight excluding hydrogens is 390 g/mol. The summed E-state index contributed by atoms with van der Waals surface area (Å²) in [6, 6.07) is 14.3. The number of nitrogens with zero attached hydrogens (tertiary/aromatic N) is 1. The number of carbonyl (C=O) groups excluding carboxylic acids is 1. The van der Waals surface area contributed by atoms with E-state index in [2.05, 4.69) is 46.2 Å². The van der Waals surface area contributed by atoms with Crippen molar-refractivity contribution >= 4 is 15.9 Å². The number of likely N-dealkylation sites (tertiary alicyclic amines) is 1. The van der Waals surface area contributed by atoms with E-state index in [1.54, 1.807) is 0 Å². The molecule has 3 rings (SSSR count). The van der Waals surface area contributed by atoms with Crippen LogP contribution in [0.3, 0.4) is 0 Å². The van der Waals surface area contributed by atoms with Crippen LogP contribution in [0.4, 0.5) is 0 Å². The summed E-state index contributed by atoms with van der Waals surface area (Å²) in [6.07, 6.45) is 2.34. The minimum Gasteiger partial charge on any atom is -0.350 e. The van der Waals surface area contributed by atoms with E-state index in [0.717, 1.165) is 13.1 Å². The molecule has 8 heteroatoms. The molecule has 0 saturated carbocycles. The summed E-state index contributed by atoms with van der Waals surface area (Å²) in [6.45, 7) is 4.59. The molecule has 7 nitrogen and oxygen atoms in total. The molecule has 0 aliphatic carbocycles. The number of carbonyl (C=O) groups is 1. The molecule has 1 saturated heterocycles. The maximum atomic E-state index is 12.6. The Balaban J connectivity index is 1.69. The van der Waals surface area contributed by atoms with Gasteiger partial charge in [0.25, 0.3) is 15.9 Å². The van der Waals surface area contributed by atoms with Crippen LogP contribution < -0.4 is 10.2 Å². The molecule has 0 bridgehead atoms. The molecule has 1 heterocycles. The van der Waals surface area contributed by atoms with Gasteiger partial charge in [-0.3, -0.25) is 14.5 Å². The Morgan fingerprint density at radius 3 is 2.28 bits per heavy atom. The molecule has 0 spiro atoms. The van der Waals surface area contributed by atoms with Crippen LogP contribution in [-0.4, -0.2) is 46.0 Å². The van der Waals surface area contributed by atoms with Crippen molar-refractivity contribution < 1.29 is 18.0 Å². The van der Waals surface area contributed by atoms with Gasteiger partial charge in [0.1, 0.15) is 0 Å². The molecule has 1 aliphatic rings. The van der Waals surface area contributed by atoms with Crippen LogP contribution in [0, 0.1) is 6.92 Å². The number of aryl methyl sites for hydroxylation is 1. The fourth-order valence-corrected chi connectivity index (χ4v) is 4.34. The van der Waals surface area contributed by atoms with E-state index in [1.807, 2.05) is 4.89 Å². The van der Waals surface area contributed by atoms with Gasteiger partial charge in [0.15, 0.2) is 0 Å². The lowest BCUT2D eigenvalue weighted by Gasteiger charge is -2.28. The van der Waals surface area contributed by atoms with Crippen LogP contribution in [0.25, 0.3) is 0 Å². The van der Waals surface area contributed by atoms with Gasteiger partial charge < -0.3 is 5.32 Å². The first kappa shape index (κ1) is 21.4. The Bertz CT molecular complexity index is 921. The minimum atomic E-state index is -3.74. The van der Waals surface area contributed by atoms with Crippen molar-refractivity contribution in [2.45, 2.75) is 30.7 Å². The third kappa shape index (κ3) is 5.42. The summed E-state index contributed by atoms with van der Waals surface area (Å²) in [4.78, 5) is 21.5. The Morgan fingerprint density at radius 1 is 1.07 bits per heavy atom. The first-order valence-electron chi connectivity index (χ1n) is 9.64. The third-order valence-corrected chi connectivity index (χ3v) is 6.40. The second-order valence-corrected chi connectivity index (χ2v) is 8.84. The zero-order valence-corrected chi connectivity index (χ0v) is 17.5. The van der Waals surface area contributed by atoms with Gasteiger partial charge in [0, 0.05) is 12.1 Å². The number of benzene rings is 2. The first-order chi connectivity index (χ1) is 13.9. The zero-order valence-electron chi connectivity index (χ0n) is 16.7. The van der Waals surface area contributed by atoms with Crippen molar-refractivity contribution in [1.82, 2.24) is 15.1 Å². The van der Waals surface area contributed by atoms with Gasteiger partial charge in [-0.1, -0.05) is 34.7 Å². The first-order valence-corrected chi connectivity index (χ1v) is 11.1. The summed E-state index contributed by atoms with van der Waals surface area (Å²) in [7, 11) is -2.51. The molecule has 2 aromatic rings. The Morgan fingerprint density at radius 2 is 1.69 bits per heavy atom. The average molecular weight is 418 g/mol. The van der Waals surface area contributed by atoms with Crippen LogP contribution in [0.5, 0.6) is 0 Å². The quantitative estimate of drug-likeness (QED) is 0.644. The van der Waals surface area contributed by atoms with Gasteiger partial charge in [0.05, 0.1) is 18.0 Å². The number of nitrogens with one attached hydrogen (secondary N) is 2. The van der Waals surface area contributed by atoms with Crippen molar-refractivity contribution in [3.63, 3.8) is 0 Å². The molecule has 1 aliphatic heterocycles. The molecule has 156 valence electrons. The number of amides is 1. The van der Waals surface area contributed by atoms with Gasteiger partial charge in [-0.15, -0.1) is 0 Å². The van der Waals surface area contributed by atoms with Crippen molar-refractivity contribution in [1.29, 1.82) is 0 Å². The predicted molar refractivity (Wildman–Crippen MR) is 111 cm³/mol. The number of hydrogen-bond acceptors (Lipinski definition) is 5. The maximum Gasteiger partial charge on any atom is 0.262 e. The number of sulfonamides is 1. The van der Waals surface area contributed by atoms with E-state index in [1.165, 1.54) is 55.3 Å². The summed E-state index contributed by atoms with van der Waals surface area (Å²) >= 11 is 0. The second kappa shape index (κ2) is 9.49. The lowest BCUT2D eigenvalue weighted by molar-refractivity contribution is 0.0938. The molecule has 1 fully saturated rings. The molecular formula is C21H27N3O4S. The third-order valence-electron chi connectivity index (χ3n) is 5.12. The van der Waals surface area contributed by atoms with E-state index in [9.17, 15) is 13.2 Å². The Labute approximate surface area is 172 Å². The zero-order chi connectivity index (χ0) is 20.9. The highest BCUT2D eigenvalue weighted by atomic mass is 32.2. The van der Waals surface area contributed by atoms with Crippen molar-refractivity contribution in [2.75, 3.05) is 26.7 Å². The van der Waals surface area contributed by atoms with Crippen molar-refractivity contribution in [2.24, 2.45) is 0 Å². The Hall–Kier alpha value is -2.26. The molecule has 2 N–H and O–H groups in total. The van der Waals surface area contributed by atoms with Crippen LogP contribution in [0.1, 0.15) is 40.4 Å². The lowest BCUT2D eigenvalue weighted by Crippen LogP contribution is -2.36. The van der Waals surface area contributed by atoms with Crippen molar-refractivity contribution in [3.8, 4) is 0 Å². The van der Waals surface area contributed by atoms with E-state index >= 15 is 0 Å². The fourth-order valence-electron chi connectivity index (χ4n) is 3.53. The topological polar surface area (TPSA) is 87.7 Å². The maximum absolute atomic E-state index is 12.6. The van der Waals surface area contributed by atoms with Gasteiger partial charge in [-0.25, -0.2) is 8.42 Å². The molecule has 0 radical (unpaired) electrons. The van der Waals surface area contributed by atoms with Gasteiger partial charge in [-0.2, -0.15) is 0 Å². The molecule has 1 atom stereocenters. The highest BCUT2D eigenvalue weighted by Gasteiger charge is 2.24. The predicted octanol–water partition coefficient (Wildman–Crippen LogP) is 2.40. The smallest absolute Gasteiger partial charge is 0.262 e. The molecule has 29 heavy (non-hydrogen) atoms. The molecule has 2 aromatic carbocycles. The normalized spacial score (nSPS) is 15.9. The summed E-state index contributed by atoms with van der Waals surface area (Å²) in [5, 5.41) is 3.00. The van der Waals surface area contributed by atoms with Gasteiger partial charge >= 0.3 is 0 Å². The van der Waals surface area contributed by atoms with Crippen LogP contribution in [0.2, 0.25) is 0 Å². The molecule has 1 unspecified atom stereocenters. The van der Waals surface area contributed by atoms with E-state index in [-0.39, 0.29) is 16.8 Å². The summed E-state index contributed by atoms with van der Waals surface area (Å²) in [5.74, 6) is -0.232. The highest BCUT2D eigenvalue weighted by molar-refractivity contribution is 7.89. The van der Waals surface area contributed by atoms with Gasteiger partial charge in [0.2, 0.25) is 0 Å². The van der Waals surface area contributed by atoms with E-state index in [4.69, 9.17) is 0 Å². The fraction of sp³-hybridized carbons (Fsp3) is 0.381. The molecule has 1 amide bonds. The minimum absolute atomic E-state index is 0.0329. The van der Waals surface area contributed by atoms with Crippen LogP contribution in [-0.2, 0) is 14.9 Å². The van der Waals surface area contributed by atoms with Crippen LogP contribution in [0.15, 0.2) is 53.4 Å². The highest BCUT2D eigenvalue weighted by Crippen LogP contribution is 2.25. The van der Waals surface area contributed by atoms with Gasteiger partial charge in [-0.05, 0) is 62.7 Å². The SMILES string of the molecule is CONS(=O)(=O)c1ccc(C(=O)NCC(c2ccc(C)cc2)N2CCCC2)cc1. The molecule has 0 aromatic heterocycles. The second-order valence-electron chi connectivity index (χ2n) is 7.19. The van der Waals surface area contributed by atoms with E-state index < -0.39 is 10.0 Å². The monoisotopic (exact) mass is 417 g/mol. The number of rotatable bonds is 8. The average Bonchev–Trinajstić information content (AvgIpc) is 3.24. The van der Waals surface area contributed by atoms with Crippen molar-refractivity contribution in [3.05, 3.63) is 65.2 Å². The largest absolute Gasteiger partial charge is 0.350 e.